The number of phenolic OH excluding ortho intramolecular Hbond substituents is 1. The third-order valence-electron chi connectivity index (χ3n) is 5.44. The average Bonchev–Trinajstić information content (AvgIpc) is 2.62. The van der Waals surface area contributed by atoms with E-state index in [1.165, 1.54) is 5.56 Å². The van der Waals surface area contributed by atoms with E-state index >= 15 is 0 Å². The minimum absolute atomic E-state index is 0. The van der Waals surface area contributed by atoms with Crippen molar-refractivity contribution in [2.75, 3.05) is 32.8 Å². The number of carbonyl (C=O) groups is 1. The number of halogens is 1. The molecule has 0 spiro atoms. The first-order valence-corrected chi connectivity index (χ1v) is 8.51. The van der Waals surface area contributed by atoms with E-state index in [1.807, 2.05) is 17.0 Å². The summed E-state index contributed by atoms with van der Waals surface area (Å²) in [5, 5.41) is 9.39. The first-order chi connectivity index (χ1) is 11.1. The lowest BCUT2D eigenvalue weighted by Gasteiger charge is -2.41. The van der Waals surface area contributed by atoms with E-state index in [9.17, 15) is 9.90 Å². The Bertz CT molecular complexity index is 536. The van der Waals surface area contributed by atoms with Crippen LogP contribution in [0.5, 0.6) is 5.75 Å². The molecule has 0 saturated carbocycles. The standard InChI is InChI=1S/C18H26N2O3.ClH/c19-13-18(7-11-23-12-8-18)17(22)20-9-5-15(6-10-20)14-1-3-16(21)4-2-14;/h1-4,15,21H,5-13,19H2;1H. The summed E-state index contributed by atoms with van der Waals surface area (Å²) in [4.78, 5) is 14.9. The predicted octanol–water partition coefficient (Wildman–Crippen LogP) is 2.28. The number of amides is 1. The van der Waals surface area contributed by atoms with Crippen LogP contribution in [0.4, 0.5) is 0 Å². The molecule has 2 aliphatic rings. The van der Waals surface area contributed by atoms with Gasteiger partial charge in [-0.2, -0.15) is 0 Å². The highest BCUT2D eigenvalue weighted by Crippen LogP contribution is 2.35. The van der Waals surface area contributed by atoms with E-state index in [-0.39, 0.29) is 18.3 Å². The molecule has 3 rings (SSSR count). The zero-order valence-corrected chi connectivity index (χ0v) is 14.8. The number of hydrogen-bond acceptors (Lipinski definition) is 4. The molecule has 0 unspecified atom stereocenters. The number of phenols is 1. The topological polar surface area (TPSA) is 75.8 Å². The molecule has 1 amide bonds. The van der Waals surface area contributed by atoms with Gasteiger partial charge in [-0.05, 0) is 49.3 Å². The van der Waals surface area contributed by atoms with Crippen LogP contribution in [-0.4, -0.2) is 48.8 Å². The highest BCUT2D eigenvalue weighted by atomic mass is 35.5. The Morgan fingerprint density at radius 3 is 2.33 bits per heavy atom. The molecule has 1 aromatic carbocycles. The number of nitrogens with zero attached hydrogens (tertiary/aromatic N) is 1. The van der Waals surface area contributed by atoms with Crippen molar-refractivity contribution in [2.24, 2.45) is 11.1 Å². The van der Waals surface area contributed by atoms with Crippen molar-refractivity contribution in [2.45, 2.75) is 31.6 Å². The molecule has 5 nitrogen and oxygen atoms in total. The normalized spacial score (nSPS) is 21.1. The van der Waals surface area contributed by atoms with Crippen LogP contribution in [0.1, 0.15) is 37.2 Å². The van der Waals surface area contributed by atoms with Crippen molar-refractivity contribution in [1.29, 1.82) is 0 Å². The van der Waals surface area contributed by atoms with E-state index < -0.39 is 5.41 Å². The van der Waals surface area contributed by atoms with Gasteiger partial charge >= 0.3 is 0 Å². The third kappa shape index (κ3) is 3.85. The molecule has 0 atom stereocenters. The number of hydrogen-bond donors (Lipinski definition) is 2. The fourth-order valence-corrected chi connectivity index (χ4v) is 3.77. The molecule has 2 fully saturated rings. The Morgan fingerprint density at radius 2 is 1.79 bits per heavy atom. The SMILES string of the molecule is Cl.NCC1(C(=O)N2CCC(c3ccc(O)cc3)CC2)CCOCC1. The minimum atomic E-state index is -0.413. The van der Waals surface area contributed by atoms with Crippen LogP contribution in [0.15, 0.2) is 24.3 Å². The van der Waals surface area contributed by atoms with Crippen LogP contribution in [0, 0.1) is 5.41 Å². The van der Waals surface area contributed by atoms with Crippen LogP contribution < -0.4 is 5.73 Å². The van der Waals surface area contributed by atoms with Crippen LogP contribution in [-0.2, 0) is 9.53 Å². The van der Waals surface area contributed by atoms with Gasteiger partial charge in [0.15, 0.2) is 0 Å². The van der Waals surface area contributed by atoms with Crippen molar-refractivity contribution in [3.8, 4) is 5.75 Å². The first-order valence-electron chi connectivity index (χ1n) is 8.51. The van der Waals surface area contributed by atoms with Crippen LogP contribution in [0.3, 0.4) is 0 Å². The van der Waals surface area contributed by atoms with Crippen molar-refractivity contribution in [3.63, 3.8) is 0 Å². The Hall–Kier alpha value is -1.30. The van der Waals surface area contributed by atoms with Gasteiger partial charge in [-0.15, -0.1) is 12.4 Å². The third-order valence-corrected chi connectivity index (χ3v) is 5.44. The van der Waals surface area contributed by atoms with Gasteiger partial charge in [-0.25, -0.2) is 0 Å². The number of benzene rings is 1. The van der Waals surface area contributed by atoms with Gasteiger partial charge in [-0.1, -0.05) is 12.1 Å². The molecule has 3 N–H and O–H groups in total. The number of aromatic hydroxyl groups is 1. The second kappa shape index (κ2) is 8.19. The van der Waals surface area contributed by atoms with Crippen molar-refractivity contribution < 1.29 is 14.6 Å². The molecular weight excluding hydrogens is 328 g/mol. The van der Waals surface area contributed by atoms with Crippen molar-refractivity contribution in [3.05, 3.63) is 29.8 Å². The van der Waals surface area contributed by atoms with E-state index in [2.05, 4.69) is 0 Å². The van der Waals surface area contributed by atoms with Crippen molar-refractivity contribution >= 4 is 18.3 Å². The maximum atomic E-state index is 13.0. The largest absolute Gasteiger partial charge is 0.508 e. The number of nitrogens with two attached hydrogens (primary N) is 1. The fourth-order valence-electron chi connectivity index (χ4n) is 3.77. The van der Waals surface area contributed by atoms with Crippen molar-refractivity contribution in [1.82, 2.24) is 4.90 Å². The molecular formula is C18H27ClN2O3. The molecule has 0 bridgehead atoms. The summed E-state index contributed by atoms with van der Waals surface area (Å²) in [5.41, 5.74) is 6.78. The molecule has 6 heteroatoms. The van der Waals surface area contributed by atoms with Gasteiger partial charge in [0.2, 0.25) is 5.91 Å². The summed E-state index contributed by atoms with van der Waals surface area (Å²) in [7, 11) is 0. The van der Waals surface area contributed by atoms with Gasteiger partial charge in [0, 0.05) is 32.8 Å². The maximum absolute atomic E-state index is 13.0. The lowest BCUT2D eigenvalue weighted by Crippen LogP contribution is -2.52. The average molecular weight is 355 g/mol. The van der Waals surface area contributed by atoms with Gasteiger partial charge in [0.05, 0.1) is 5.41 Å². The van der Waals surface area contributed by atoms with Gasteiger partial charge in [0.25, 0.3) is 0 Å². The number of carbonyl (C=O) groups excluding carboxylic acids is 1. The zero-order chi connectivity index (χ0) is 16.3. The molecule has 24 heavy (non-hydrogen) atoms. The quantitative estimate of drug-likeness (QED) is 0.873. The van der Waals surface area contributed by atoms with Gasteiger partial charge < -0.3 is 20.5 Å². The fraction of sp³-hybridized carbons (Fsp3) is 0.611. The monoisotopic (exact) mass is 354 g/mol. The highest BCUT2D eigenvalue weighted by molar-refractivity contribution is 5.85. The summed E-state index contributed by atoms with van der Waals surface area (Å²) < 4.78 is 5.40. The van der Waals surface area contributed by atoms with Gasteiger partial charge in [-0.3, -0.25) is 4.79 Å². The lowest BCUT2D eigenvalue weighted by atomic mass is 9.78. The summed E-state index contributed by atoms with van der Waals surface area (Å²) >= 11 is 0. The molecule has 0 aliphatic carbocycles. The van der Waals surface area contributed by atoms with Crippen LogP contribution in [0.25, 0.3) is 0 Å². The predicted molar refractivity (Wildman–Crippen MR) is 95.5 cm³/mol. The second-order valence-corrected chi connectivity index (χ2v) is 6.75. The number of ether oxygens (including phenoxy) is 1. The Labute approximate surface area is 149 Å². The number of piperidine rings is 1. The Morgan fingerprint density at radius 1 is 1.21 bits per heavy atom. The molecule has 1 aromatic rings. The molecule has 134 valence electrons. The smallest absolute Gasteiger partial charge is 0.230 e. The van der Waals surface area contributed by atoms with Crippen LogP contribution >= 0.6 is 12.4 Å². The first kappa shape index (κ1) is 19.0. The number of rotatable bonds is 3. The minimum Gasteiger partial charge on any atom is -0.508 e. The summed E-state index contributed by atoms with van der Waals surface area (Å²) in [5.74, 6) is 0.974. The zero-order valence-electron chi connectivity index (χ0n) is 13.9. The molecule has 0 radical (unpaired) electrons. The second-order valence-electron chi connectivity index (χ2n) is 6.75. The molecule has 0 aromatic heterocycles. The molecule has 2 aliphatic heterocycles. The highest BCUT2D eigenvalue weighted by Gasteiger charge is 2.42. The summed E-state index contributed by atoms with van der Waals surface area (Å²) in [6.07, 6.45) is 3.40. The van der Waals surface area contributed by atoms with Gasteiger partial charge in [0.1, 0.15) is 5.75 Å². The van der Waals surface area contributed by atoms with E-state index in [1.54, 1.807) is 12.1 Å². The van der Waals surface area contributed by atoms with Crippen LogP contribution in [0.2, 0.25) is 0 Å². The number of likely N-dealkylation sites (tertiary alicyclic amines) is 1. The lowest BCUT2D eigenvalue weighted by molar-refractivity contribution is -0.148. The Balaban J connectivity index is 0.00000208. The molecule has 2 heterocycles. The summed E-state index contributed by atoms with van der Waals surface area (Å²) in [6, 6.07) is 7.44. The van der Waals surface area contributed by atoms with E-state index in [4.69, 9.17) is 10.5 Å². The van der Waals surface area contributed by atoms with E-state index in [0.717, 1.165) is 38.8 Å². The maximum Gasteiger partial charge on any atom is 0.230 e. The molecule has 2 saturated heterocycles. The Kier molecular flexibility index (Phi) is 6.49. The summed E-state index contributed by atoms with van der Waals surface area (Å²) in [6.45, 7) is 3.24. The van der Waals surface area contributed by atoms with E-state index in [0.29, 0.717) is 31.4 Å².